The molecule has 0 fully saturated rings. The van der Waals surface area contributed by atoms with Gasteiger partial charge in [-0.3, -0.25) is 4.98 Å². The number of primary sulfonamides is 1. The van der Waals surface area contributed by atoms with E-state index in [-0.39, 0.29) is 4.21 Å². The molecule has 0 saturated carbocycles. The molecule has 2 aromatic rings. The lowest BCUT2D eigenvalue weighted by Crippen LogP contribution is -2.09. The van der Waals surface area contributed by atoms with Crippen LogP contribution in [0, 0.1) is 6.92 Å². The normalized spacial score (nSPS) is 12.1. The monoisotopic (exact) mass is 228 g/mol. The molecule has 0 aliphatic carbocycles. The fraction of sp³-hybridized carbons (Fsp3) is 0.125. The minimum Gasteiger partial charge on any atom is -0.255 e. The highest BCUT2D eigenvalue weighted by Gasteiger charge is 2.13. The van der Waals surface area contributed by atoms with E-state index in [9.17, 15) is 8.42 Å². The third-order valence-electron chi connectivity index (χ3n) is 1.87. The van der Waals surface area contributed by atoms with Gasteiger partial charge in [-0.25, -0.2) is 13.6 Å². The third-order valence-corrected chi connectivity index (χ3v) is 4.55. The summed E-state index contributed by atoms with van der Waals surface area (Å²) in [4.78, 5) is 4.07. The van der Waals surface area contributed by atoms with Crippen molar-refractivity contribution < 1.29 is 8.42 Å². The number of fused-ring (bicyclic) bond motifs is 1. The molecule has 2 heterocycles. The first-order valence-corrected chi connectivity index (χ1v) is 6.23. The number of aryl methyl sites for hydroxylation is 1. The Labute approximate surface area is 85.4 Å². The number of hydrogen-bond donors (Lipinski definition) is 1. The zero-order valence-electron chi connectivity index (χ0n) is 7.39. The summed E-state index contributed by atoms with van der Waals surface area (Å²) in [6, 6.07) is 3.34. The van der Waals surface area contributed by atoms with Gasteiger partial charge in [-0.2, -0.15) is 0 Å². The van der Waals surface area contributed by atoms with Crippen LogP contribution in [0.25, 0.3) is 10.2 Å². The minimum atomic E-state index is -3.60. The molecule has 0 spiro atoms. The molecule has 14 heavy (non-hydrogen) atoms. The summed E-state index contributed by atoms with van der Waals surface area (Å²) in [6.45, 7) is 1.91. The standard InChI is InChI=1S/C8H8N2O2S2/c1-5-2-3-10-6-4-7(13-8(5)6)14(9,11)12/h2-4H,1H3,(H2,9,11,12). The first kappa shape index (κ1) is 9.57. The van der Waals surface area contributed by atoms with Gasteiger partial charge in [-0.05, 0) is 24.6 Å². The lowest BCUT2D eigenvalue weighted by atomic mass is 10.3. The van der Waals surface area contributed by atoms with E-state index in [4.69, 9.17) is 5.14 Å². The quantitative estimate of drug-likeness (QED) is 0.798. The molecule has 0 unspecified atom stereocenters. The van der Waals surface area contributed by atoms with Gasteiger partial charge < -0.3 is 0 Å². The van der Waals surface area contributed by atoms with Crippen molar-refractivity contribution in [2.24, 2.45) is 5.14 Å². The number of hydrogen-bond acceptors (Lipinski definition) is 4. The van der Waals surface area contributed by atoms with Crippen molar-refractivity contribution in [3.05, 3.63) is 23.9 Å². The number of aromatic nitrogens is 1. The van der Waals surface area contributed by atoms with Crippen LogP contribution in [0.5, 0.6) is 0 Å². The van der Waals surface area contributed by atoms with Crippen molar-refractivity contribution in [1.82, 2.24) is 4.98 Å². The molecule has 0 aromatic carbocycles. The van der Waals surface area contributed by atoms with Gasteiger partial charge in [0.2, 0.25) is 10.0 Å². The molecular formula is C8H8N2O2S2. The van der Waals surface area contributed by atoms with Crippen molar-refractivity contribution in [3.8, 4) is 0 Å². The Morgan fingerprint density at radius 3 is 2.79 bits per heavy atom. The van der Waals surface area contributed by atoms with Crippen LogP contribution in [-0.4, -0.2) is 13.4 Å². The molecule has 2 N–H and O–H groups in total. The fourth-order valence-electron chi connectivity index (χ4n) is 1.18. The molecule has 6 heteroatoms. The second-order valence-electron chi connectivity index (χ2n) is 2.95. The molecular weight excluding hydrogens is 220 g/mol. The Kier molecular flexibility index (Phi) is 2.06. The molecule has 0 aliphatic heterocycles. The van der Waals surface area contributed by atoms with Crippen molar-refractivity contribution in [2.45, 2.75) is 11.1 Å². The number of rotatable bonds is 1. The summed E-state index contributed by atoms with van der Waals surface area (Å²) >= 11 is 1.16. The molecule has 4 nitrogen and oxygen atoms in total. The van der Waals surface area contributed by atoms with Crippen LogP contribution in [-0.2, 0) is 10.0 Å². The molecule has 0 bridgehead atoms. The van der Waals surface area contributed by atoms with Gasteiger partial charge in [0.1, 0.15) is 4.21 Å². The molecule has 2 rings (SSSR count). The van der Waals surface area contributed by atoms with Gasteiger partial charge in [0.15, 0.2) is 0 Å². The second kappa shape index (κ2) is 3.01. The average molecular weight is 228 g/mol. The lowest BCUT2D eigenvalue weighted by Gasteiger charge is -1.91. The van der Waals surface area contributed by atoms with Crippen LogP contribution in [0.4, 0.5) is 0 Å². The Hall–Kier alpha value is -0.980. The molecule has 0 saturated heterocycles. The highest BCUT2D eigenvalue weighted by Crippen LogP contribution is 2.28. The fourth-order valence-corrected chi connectivity index (χ4v) is 2.99. The Bertz CT molecular complexity index is 586. The number of thiophene rings is 1. The summed E-state index contributed by atoms with van der Waals surface area (Å²) < 4.78 is 23.2. The predicted molar refractivity (Wildman–Crippen MR) is 55.7 cm³/mol. The van der Waals surface area contributed by atoms with Crippen molar-refractivity contribution in [2.75, 3.05) is 0 Å². The van der Waals surface area contributed by atoms with Crippen molar-refractivity contribution in [3.63, 3.8) is 0 Å². The van der Waals surface area contributed by atoms with Gasteiger partial charge >= 0.3 is 0 Å². The van der Waals surface area contributed by atoms with E-state index < -0.39 is 10.0 Å². The predicted octanol–water partition coefficient (Wildman–Crippen LogP) is 1.25. The van der Waals surface area contributed by atoms with Crippen molar-refractivity contribution in [1.29, 1.82) is 0 Å². The number of sulfonamides is 1. The van der Waals surface area contributed by atoms with Crippen LogP contribution in [0.3, 0.4) is 0 Å². The van der Waals surface area contributed by atoms with Gasteiger partial charge in [0, 0.05) is 6.20 Å². The van der Waals surface area contributed by atoms with Crippen LogP contribution < -0.4 is 5.14 Å². The van der Waals surface area contributed by atoms with E-state index in [2.05, 4.69) is 4.98 Å². The smallest absolute Gasteiger partial charge is 0.247 e. The largest absolute Gasteiger partial charge is 0.255 e. The maximum atomic E-state index is 11.1. The van der Waals surface area contributed by atoms with Gasteiger partial charge in [0.25, 0.3) is 0 Å². The lowest BCUT2D eigenvalue weighted by molar-refractivity contribution is 0.600. The number of pyridine rings is 1. The first-order chi connectivity index (χ1) is 6.48. The van der Waals surface area contributed by atoms with E-state index >= 15 is 0 Å². The highest BCUT2D eigenvalue weighted by molar-refractivity contribution is 7.91. The van der Waals surface area contributed by atoms with Gasteiger partial charge in [-0.15, -0.1) is 11.3 Å². The molecule has 0 aliphatic rings. The van der Waals surface area contributed by atoms with Crippen LogP contribution in [0.1, 0.15) is 5.56 Å². The first-order valence-electron chi connectivity index (χ1n) is 3.86. The van der Waals surface area contributed by atoms with E-state index in [1.807, 2.05) is 13.0 Å². The Balaban J connectivity index is 2.81. The topological polar surface area (TPSA) is 73.0 Å². The van der Waals surface area contributed by atoms with Crippen LogP contribution in [0.15, 0.2) is 22.5 Å². The summed E-state index contributed by atoms with van der Waals surface area (Å²) in [7, 11) is -3.60. The average Bonchev–Trinajstić information content (AvgIpc) is 2.48. The maximum Gasteiger partial charge on any atom is 0.247 e. The zero-order valence-corrected chi connectivity index (χ0v) is 9.02. The summed E-state index contributed by atoms with van der Waals surface area (Å²) in [5, 5.41) is 5.03. The maximum absolute atomic E-state index is 11.1. The van der Waals surface area contributed by atoms with Crippen LogP contribution >= 0.6 is 11.3 Å². The van der Waals surface area contributed by atoms with Gasteiger partial charge in [0.05, 0.1) is 10.2 Å². The van der Waals surface area contributed by atoms with Crippen molar-refractivity contribution >= 4 is 31.6 Å². The van der Waals surface area contributed by atoms with E-state index in [1.165, 1.54) is 6.07 Å². The number of nitrogens with two attached hydrogens (primary N) is 1. The molecule has 0 radical (unpaired) electrons. The Morgan fingerprint density at radius 2 is 2.21 bits per heavy atom. The Morgan fingerprint density at radius 1 is 1.50 bits per heavy atom. The highest BCUT2D eigenvalue weighted by atomic mass is 32.2. The second-order valence-corrected chi connectivity index (χ2v) is 5.79. The van der Waals surface area contributed by atoms with E-state index in [1.54, 1.807) is 6.20 Å². The van der Waals surface area contributed by atoms with E-state index in [0.717, 1.165) is 21.6 Å². The van der Waals surface area contributed by atoms with E-state index in [0.29, 0.717) is 5.52 Å². The SMILES string of the molecule is Cc1ccnc2cc(S(N)(=O)=O)sc12. The molecule has 0 amide bonds. The summed E-state index contributed by atoms with van der Waals surface area (Å²) in [6.07, 6.45) is 1.65. The molecule has 0 atom stereocenters. The molecule has 2 aromatic heterocycles. The number of nitrogens with zero attached hydrogens (tertiary/aromatic N) is 1. The summed E-state index contributed by atoms with van der Waals surface area (Å²) in [5.41, 5.74) is 1.69. The van der Waals surface area contributed by atoms with Gasteiger partial charge in [-0.1, -0.05) is 0 Å². The molecule has 74 valence electrons. The van der Waals surface area contributed by atoms with Crippen LogP contribution in [0.2, 0.25) is 0 Å². The zero-order chi connectivity index (χ0) is 10.3. The third kappa shape index (κ3) is 1.52. The summed E-state index contributed by atoms with van der Waals surface area (Å²) in [5.74, 6) is 0. The minimum absolute atomic E-state index is 0.161.